The Kier molecular flexibility index (Phi) is 4.27. The standard InChI is InChI=1S/C15H11F2NO3/c16-12-5-13(17)7-14(6-12)18(9-19)8-10-1-3-11(4-2-10)15(20)21/h1-7,9H,8H2,(H,20,21). The van der Waals surface area contributed by atoms with Crippen molar-refractivity contribution in [2.75, 3.05) is 4.90 Å². The van der Waals surface area contributed by atoms with E-state index in [1.165, 1.54) is 24.3 Å². The zero-order valence-electron chi connectivity index (χ0n) is 10.8. The van der Waals surface area contributed by atoms with Crippen LogP contribution in [-0.2, 0) is 11.3 Å². The summed E-state index contributed by atoms with van der Waals surface area (Å²) in [7, 11) is 0. The maximum absolute atomic E-state index is 13.2. The summed E-state index contributed by atoms with van der Waals surface area (Å²) in [4.78, 5) is 23.0. The second-order valence-corrected chi connectivity index (χ2v) is 4.36. The van der Waals surface area contributed by atoms with Crippen LogP contribution in [0.5, 0.6) is 0 Å². The molecule has 0 aromatic heterocycles. The molecule has 0 bridgehead atoms. The minimum Gasteiger partial charge on any atom is -0.478 e. The van der Waals surface area contributed by atoms with Gasteiger partial charge in [0.15, 0.2) is 0 Å². The number of hydrogen-bond acceptors (Lipinski definition) is 2. The molecule has 1 amide bonds. The maximum Gasteiger partial charge on any atom is 0.335 e. The molecule has 0 unspecified atom stereocenters. The molecule has 0 spiro atoms. The number of amides is 1. The van der Waals surface area contributed by atoms with Crippen LogP contribution in [0.2, 0.25) is 0 Å². The van der Waals surface area contributed by atoms with Crippen LogP contribution in [-0.4, -0.2) is 17.5 Å². The van der Waals surface area contributed by atoms with Gasteiger partial charge in [-0.2, -0.15) is 0 Å². The first-order chi connectivity index (χ1) is 9.99. The lowest BCUT2D eigenvalue weighted by Crippen LogP contribution is -2.20. The second-order valence-electron chi connectivity index (χ2n) is 4.36. The van der Waals surface area contributed by atoms with E-state index in [1.54, 1.807) is 0 Å². The van der Waals surface area contributed by atoms with Crippen molar-refractivity contribution < 1.29 is 23.5 Å². The first kappa shape index (κ1) is 14.6. The lowest BCUT2D eigenvalue weighted by molar-refractivity contribution is -0.107. The van der Waals surface area contributed by atoms with Gasteiger partial charge in [-0.05, 0) is 29.8 Å². The Hall–Kier alpha value is -2.76. The fraction of sp³-hybridized carbons (Fsp3) is 0.0667. The van der Waals surface area contributed by atoms with E-state index in [9.17, 15) is 18.4 Å². The van der Waals surface area contributed by atoms with Gasteiger partial charge in [0.1, 0.15) is 11.6 Å². The van der Waals surface area contributed by atoms with Gasteiger partial charge in [-0.1, -0.05) is 12.1 Å². The number of carbonyl (C=O) groups is 2. The topological polar surface area (TPSA) is 57.6 Å². The fourth-order valence-corrected chi connectivity index (χ4v) is 1.84. The predicted octanol–water partition coefficient (Wildman–Crippen LogP) is 2.83. The van der Waals surface area contributed by atoms with Crippen molar-refractivity contribution >= 4 is 18.1 Å². The minimum absolute atomic E-state index is 0.0757. The number of halogens is 2. The van der Waals surface area contributed by atoms with E-state index in [1.807, 2.05) is 0 Å². The van der Waals surface area contributed by atoms with E-state index in [2.05, 4.69) is 0 Å². The van der Waals surface area contributed by atoms with Crippen LogP contribution in [0.4, 0.5) is 14.5 Å². The van der Waals surface area contributed by atoms with Crippen LogP contribution in [0.1, 0.15) is 15.9 Å². The number of aromatic carboxylic acids is 1. The Morgan fingerprint density at radius 1 is 1.10 bits per heavy atom. The van der Waals surface area contributed by atoms with Crippen molar-refractivity contribution in [2.24, 2.45) is 0 Å². The van der Waals surface area contributed by atoms with Crippen molar-refractivity contribution in [2.45, 2.75) is 6.54 Å². The average molecular weight is 291 g/mol. The summed E-state index contributed by atoms with van der Waals surface area (Å²) in [6, 6.07) is 8.67. The molecule has 0 saturated heterocycles. The molecule has 0 aliphatic rings. The Morgan fingerprint density at radius 3 is 2.14 bits per heavy atom. The lowest BCUT2D eigenvalue weighted by Gasteiger charge is -2.17. The van der Waals surface area contributed by atoms with Gasteiger partial charge in [-0.15, -0.1) is 0 Å². The van der Waals surface area contributed by atoms with Crippen LogP contribution in [0, 0.1) is 11.6 Å². The van der Waals surface area contributed by atoms with Gasteiger partial charge in [-0.3, -0.25) is 4.79 Å². The number of nitrogens with zero attached hydrogens (tertiary/aromatic N) is 1. The third kappa shape index (κ3) is 3.62. The molecule has 2 aromatic rings. The number of carboxylic acids is 1. The lowest BCUT2D eigenvalue weighted by atomic mass is 10.1. The number of carbonyl (C=O) groups excluding carboxylic acids is 1. The molecule has 21 heavy (non-hydrogen) atoms. The molecule has 4 nitrogen and oxygen atoms in total. The fourth-order valence-electron chi connectivity index (χ4n) is 1.84. The highest BCUT2D eigenvalue weighted by Crippen LogP contribution is 2.19. The van der Waals surface area contributed by atoms with Gasteiger partial charge in [0.2, 0.25) is 6.41 Å². The van der Waals surface area contributed by atoms with E-state index >= 15 is 0 Å². The molecule has 0 fully saturated rings. The summed E-state index contributed by atoms with van der Waals surface area (Å²) in [6.07, 6.45) is 0.458. The van der Waals surface area contributed by atoms with Crippen LogP contribution in [0.25, 0.3) is 0 Å². The van der Waals surface area contributed by atoms with Crippen molar-refractivity contribution in [3.05, 3.63) is 65.2 Å². The molecule has 2 rings (SSSR count). The molecule has 0 aliphatic carbocycles. The SMILES string of the molecule is O=CN(Cc1ccc(C(=O)O)cc1)c1cc(F)cc(F)c1. The van der Waals surface area contributed by atoms with Crippen molar-refractivity contribution in [3.63, 3.8) is 0 Å². The third-order valence-corrected chi connectivity index (χ3v) is 2.86. The molecule has 6 heteroatoms. The highest BCUT2D eigenvalue weighted by molar-refractivity contribution is 5.87. The van der Waals surface area contributed by atoms with Crippen molar-refractivity contribution in [1.29, 1.82) is 0 Å². The summed E-state index contributed by atoms with van der Waals surface area (Å²) < 4.78 is 26.3. The van der Waals surface area contributed by atoms with Gasteiger partial charge in [0, 0.05) is 11.8 Å². The molecule has 2 aromatic carbocycles. The molecule has 0 aliphatic heterocycles. The van der Waals surface area contributed by atoms with E-state index in [0.717, 1.165) is 17.0 Å². The molecular weight excluding hydrogens is 280 g/mol. The van der Waals surface area contributed by atoms with Gasteiger partial charge in [0.25, 0.3) is 0 Å². The van der Waals surface area contributed by atoms with Crippen LogP contribution < -0.4 is 4.90 Å². The quantitative estimate of drug-likeness (QED) is 0.862. The Bertz CT molecular complexity index is 651. The minimum atomic E-state index is -1.05. The summed E-state index contributed by atoms with van der Waals surface area (Å²) in [5, 5.41) is 8.79. The van der Waals surface area contributed by atoms with Crippen LogP contribution in [0.3, 0.4) is 0 Å². The summed E-state index contributed by atoms with van der Waals surface area (Å²) in [5.74, 6) is -2.61. The predicted molar refractivity (Wildman–Crippen MR) is 72.0 cm³/mol. The maximum atomic E-state index is 13.2. The highest BCUT2D eigenvalue weighted by Gasteiger charge is 2.10. The van der Waals surface area contributed by atoms with E-state index in [4.69, 9.17) is 5.11 Å². The second kappa shape index (κ2) is 6.13. The van der Waals surface area contributed by atoms with Gasteiger partial charge >= 0.3 is 5.97 Å². The number of carboxylic acid groups (broad SMARTS) is 1. The van der Waals surface area contributed by atoms with Gasteiger partial charge < -0.3 is 10.0 Å². The molecule has 0 atom stereocenters. The number of anilines is 1. The molecule has 0 heterocycles. The van der Waals surface area contributed by atoms with Crippen molar-refractivity contribution in [3.8, 4) is 0 Å². The monoisotopic (exact) mass is 291 g/mol. The Labute approximate surface area is 119 Å². The molecule has 1 N–H and O–H groups in total. The Morgan fingerprint density at radius 2 is 1.67 bits per heavy atom. The van der Waals surface area contributed by atoms with Gasteiger partial charge in [0.05, 0.1) is 12.1 Å². The normalized spacial score (nSPS) is 10.2. The zero-order chi connectivity index (χ0) is 15.4. The summed E-state index contributed by atoms with van der Waals surface area (Å²) in [5.41, 5.74) is 0.842. The summed E-state index contributed by atoms with van der Waals surface area (Å²) >= 11 is 0. The van der Waals surface area contributed by atoms with E-state index < -0.39 is 17.6 Å². The first-order valence-corrected chi connectivity index (χ1v) is 6.00. The zero-order valence-corrected chi connectivity index (χ0v) is 10.8. The van der Waals surface area contributed by atoms with Crippen molar-refractivity contribution in [1.82, 2.24) is 0 Å². The van der Waals surface area contributed by atoms with E-state index in [-0.39, 0.29) is 17.8 Å². The number of hydrogen-bond donors (Lipinski definition) is 1. The van der Waals surface area contributed by atoms with Crippen LogP contribution >= 0.6 is 0 Å². The van der Waals surface area contributed by atoms with Gasteiger partial charge in [-0.25, -0.2) is 13.6 Å². The molecule has 0 saturated carbocycles. The third-order valence-electron chi connectivity index (χ3n) is 2.86. The summed E-state index contributed by atoms with van der Waals surface area (Å²) in [6.45, 7) is 0.0757. The smallest absolute Gasteiger partial charge is 0.335 e. The largest absolute Gasteiger partial charge is 0.478 e. The highest BCUT2D eigenvalue weighted by atomic mass is 19.1. The van der Waals surface area contributed by atoms with Crippen LogP contribution in [0.15, 0.2) is 42.5 Å². The molecule has 0 radical (unpaired) electrons. The molecule has 108 valence electrons. The Balaban J connectivity index is 2.22. The van der Waals surface area contributed by atoms with E-state index in [0.29, 0.717) is 18.0 Å². The number of rotatable bonds is 5. The number of benzene rings is 2. The first-order valence-electron chi connectivity index (χ1n) is 6.00. The molecular formula is C15H11F2NO3. The average Bonchev–Trinajstić information content (AvgIpc) is 2.44.